The molecule has 0 saturated heterocycles. The molecule has 8 heteroatoms. The molecular weight excluding hydrogens is 209 g/mol. The van der Waals surface area contributed by atoms with Crippen molar-refractivity contribution >= 4 is 10.0 Å². The fourth-order valence-corrected chi connectivity index (χ4v) is 1.69. The van der Waals surface area contributed by atoms with E-state index in [-0.39, 0.29) is 0 Å². The Morgan fingerprint density at radius 3 is 2.38 bits per heavy atom. The zero-order valence-corrected chi connectivity index (χ0v) is 7.01. The van der Waals surface area contributed by atoms with E-state index in [1.807, 2.05) is 0 Å². The first-order valence-electron chi connectivity index (χ1n) is 3.09. The second-order valence-electron chi connectivity index (χ2n) is 2.26. The summed E-state index contributed by atoms with van der Waals surface area (Å²) in [5.41, 5.74) is 0. The van der Waals surface area contributed by atoms with Crippen LogP contribution < -0.4 is 0 Å². The highest BCUT2D eigenvalue weighted by Crippen LogP contribution is 2.18. The van der Waals surface area contributed by atoms with Gasteiger partial charge in [0.2, 0.25) is 10.0 Å². The number of halogens is 3. The first kappa shape index (κ1) is 10.0. The van der Waals surface area contributed by atoms with Gasteiger partial charge in [0.1, 0.15) is 6.33 Å². The summed E-state index contributed by atoms with van der Waals surface area (Å²) >= 11 is 0. The van der Waals surface area contributed by atoms with Crippen molar-refractivity contribution in [3.63, 3.8) is 0 Å². The van der Waals surface area contributed by atoms with Gasteiger partial charge >= 0.3 is 6.18 Å². The van der Waals surface area contributed by atoms with Crippen molar-refractivity contribution in [3.05, 3.63) is 18.7 Å². The second-order valence-corrected chi connectivity index (χ2v) is 4.14. The Morgan fingerprint density at radius 2 is 2.00 bits per heavy atom. The number of hydrogen-bond acceptors (Lipinski definition) is 3. The molecule has 1 heterocycles. The molecule has 1 rings (SSSR count). The van der Waals surface area contributed by atoms with Crippen LogP contribution in [0.3, 0.4) is 0 Å². The molecule has 0 spiro atoms. The molecule has 0 atom stereocenters. The van der Waals surface area contributed by atoms with Crippen molar-refractivity contribution in [1.29, 1.82) is 0 Å². The Labute approximate surface area is 72.1 Å². The molecule has 1 aromatic rings. The predicted octanol–water partition coefficient (Wildman–Crippen LogP) is 0.623. The Kier molecular flexibility index (Phi) is 2.33. The number of nitrogens with zero attached hydrogens (tertiary/aromatic N) is 2. The van der Waals surface area contributed by atoms with E-state index in [0.717, 1.165) is 18.7 Å². The molecule has 0 fully saturated rings. The van der Waals surface area contributed by atoms with Crippen molar-refractivity contribution in [3.8, 4) is 0 Å². The molecule has 74 valence electrons. The molecule has 13 heavy (non-hydrogen) atoms. The van der Waals surface area contributed by atoms with E-state index in [9.17, 15) is 21.6 Å². The van der Waals surface area contributed by atoms with Crippen LogP contribution in [0.25, 0.3) is 0 Å². The summed E-state index contributed by atoms with van der Waals surface area (Å²) in [7, 11) is -4.35. The molecule has 1 aromatic heterocycles. The average Bonchev–Trinajstić information content (AvgIpc) is 2.29. The van der Waals surface area contributed by atoms with Crippen LogP contribution >= 0.6 is 0 Å². The molecule has 0 bridgehead atoms. The third-order valence-corrected chi connectivity index (χ3v) is 2.70. The summed E-state index contributed by atoms with van der Waals surface area (Å²) in [6, 6.07) is 0. The second kappa shape index (κ2) is 3.02. The smallest absolute Gasteiger partial charge is 0.244 e. The third-order valence-electron chi connectivity index (χ3n) is 1.15. The zero-order chi connectivity index (χ0) is 10.1. The van der Waals surface area contributed by atoms with Gasteiger partial charge in [0.25, 0.3) is 0 Å². The maximum atomic E-state index is 11.7. The van der Waals surface area contributed by atoms with Crippen molar-refractivity contribution in [2.45, 2.75) is 6.18 Å². The van der Waals surface area contributed by atoms with Crippen molar-refractivity contribution in [2.75, 3.05) is 5.75 Å². The summed E-state index contributed by atoms with van der Waals surface area (Å²) in [5.74, 6) is -1.88. The molecule has 0 amide bonds. The summed E-state index contributed by atoms with van der Waals surface area (Å²) in [5, 5.41) is 0. The number of aromatic nitrogens is 2. The van der Waals surface area contributed by atoms with Crippen LogP contribution in [0, 0.1) is 0 Å². The predicted molar refractivity (Wildman–Crippen MR) is 37.5 cm³/mol. The Morgan fingerprint density at radius 1 is 1.38 bits per heavy atom. The van der Waals surface area contributed by atoms with Gasteiger partial charge < -0.3 is 0 Å². The van der Waals surface area contributed by atoms with Gasteiger partial charge in [-0.2, -0.15) is 13.2 Å². The maximum Gasteiger partial charge on any atom is 0.404 e. The maximum absolute atomic E-state index is 11.7. The molecule has 0 aromatic carbocycles. The summed E-state index contributed by atoms with van der Waals surface area (Å²) < 4.78 is 57.4. The standard InChI is InChI=1S/C5H5F3N2O2S/c6-5(7,8)3-13(11,12)10-2-1-9-4-10/h1-2,4H,3H2. The van der Waals surface area contributed by atoms with Crippen LogP contribution in [0.5, 0.6) is 0 Å². The number of imidazole rings is 1. The first-order chi connectivity index (χ1) is 5.81. The van der Waals surface area contributed by atoms with Gasteiger partial charge in [0.05, 0.1) is 0 Å². The monoisotopic (exact) mass is 214 g/mol. The van der Waals surface area contributed by atoms with E-state index < -0.39 is 22.0 Å². The molecule has 0 aliphatic heterocycles. The van der Waals surface area contributed by atoms with Crippen LogP contribution in [-0.2, 0) is 10.0 Å². The lowest BCUT2D eigenvalue weighted by atomic mass is 10.8. The molecule has 0 aliphatic carbocycles. The van der Waals surface area contributed by atoms with Crippen molar-refractivity contribution < 1.29 is 21.6 Å². The summed E-state index contributed by atoms with van der Waals surface area (Å²) in [6.45, 7) is 0. The highest BCUT2D eigenvalue weighted by atomic mass is 32.2. The fraction of sp³-hybridized carbons (Fsp3) is 0.400. The van der Waals surface area contributed by atoms with Gasteiger partial charge in [-0.25, -0.2) is 17.4 Å². The lowest BCUT2D eigenvalue weighted by molar-refractivity contribution is -0.106. The number of hydrogen-bond donors (Lipinski definition) is 0. The third kappa shape index (κ3) is 2.72. The van der Waals surface area contributed by atoms with Crippen LogP contribution in [0.4, 0.5) is 13.2 Å². The Hall–Kier alpha value is -1.05. The van der Waals surface area contributed by atoms with Gasteiger partial charge in [-0.1, -0.05) is 0 Å². The molecule has 4 nitrogen and oxygen atoms in total. The molecule has 0 saturated carbocycles. The highest BCUT2D eigenvalue weighted by Gasteiger charge is 2.35. The van der Waals surface area contributed by atoms with Crippen LogP contribution in [-0.4, -0.2) is 29.3 Å². The molecule has 0 aliphatic rings. The quantitative estimate of drug-likeness (QED) is 0.725. The van der Waals surface area contributed by atoms with Gasteiger partial charge in [-0.15, -0.1) is 0 Å². The number of alkyl halides is 3. The Balaban J connectivity index is 2.93. The topological polar surface area (TPSA) is 52.0 Å². The van der Waals surface area contributed by atoms with E-state index in [0.29, 0.717) is 3.97 Å². The van der Waals surface area contributed by atoms with E-state index in [4.69, 9.17) is 0 Å². The van der Waals surface area contributed by atoms with Crippen LogP contribution in [0.15, 0.2) is 18.7 Å². The van der Waals surface area contributed by atoms with Gasteiger partial charge in [0.15, 0.2) is 5.75 Å². The lowest BCUT2D eigenvalue weighted by Crippen LogP contribution is -2.26. The van der Waals surface area contributed by atoms with Gasteiger partial charge in [-0.05, 0) is 0 Å². The van der Waals surface area contributed by atoms with E-state index in [1.54, 1.807) is 0 Å². The average molecular weight is 214 g/mol. The highest BCUT2D eigenvalue weighted by molar-refractivity contribution is 7.89. The van der Waals surface area contributed by atoms with E-state index >= 15 is 0 Å². The minimum Gasteiger partial charge on any atom is -0.244 e. The first-order valence-corrected chi connectivity index (χ1v) is 4.70. The molecule has 0 unspecified atom stereocenters. The van der Waals surface area contributed by atoms with Crippen LogP contribution in [0.2, 0.25) is 0 Å². The van der Waals surface area contributed by atoms with Gasteiger partial charge in [-0.3, -0.25) is 0 Å². The molecule has 0 N–H and O–H groups in total. The zero-order valence-electron chi connectivity index (χ0n) is 6.19. The largest absolute Gasteiger partial charge is 0.404 e. The minimum absolute atomic E-state index is 0.431. The summed E-state index contributed by atoms with van der Waals surface area (Å²) in [4.78, 5) is 3.33. The van der Waals surface area contributed by atoms with Crippen molar-refractivity contribution in [1.82, 2.24) is 8.96 Å². The fourth-order valence-electron chi connectivity index (χ4n) is 0.693. The van der Waals surface area contributed by atoms with Gasteiger partial charge in [0, 0.05) is 12.4 Å². The normalized spacial score (nSPS) is 13.2. The molecule has 0 radical (unpaired) electrons. The summed E-state index contributed by atoms with van der Waals surface area (Å²) in [6.07, 6.45) is -1.89. The SMILES string of the molecule is O=S(=O)(CC(F)(F)F)n1ccnc1. The minimum atomic E-state index is -4.73. The van der Waals surface area contributed by atoms with Crippen LogP contribution in [0.1, 0.15) is 0 Å². The van der Waals surface area contributed by atoms with E-state index in [1.165, 1.54) is 0 Å². The van der Waals surface area contributed by atoms with E-state index in [2.05, 4.69) is 4.98 Å². The number of rotatable bonds is 2. The Bertz CT molecular complexity index is 367. The molecular formula is C5H5F3N2O2S. The van der Waals surface area contributed by atoms with Crippen molar-refractivity contribution in [2.24, 2.45) is 0 Å². The lowest BCUT2D eigenvalue weighted by Gasteiger charge is -2.07.